The van der Waals surface area contributed by atoms with Crippen LogP contribution in [-0.4, -0.2) is 101 Å². The van der Waals surface area contributed by atoms with Gasteiger partial charge in [-0.1, -0.05) is 0 Å². The number of rotatable bonds is 9. The zero-order valence-electron chi connectivity index (χ0n) is 22.0. The van der Waals surface area contributed by atoms with Gasteiger partial charge in [-0.2, -0.15) is 0 Å². The van der Waals surface area contributed by atoms with E-state index in [0.717, 1.165) is 65.1 Å². The molecule has 8 nitrogen and oxygen atoms in total. The highest BCUT2D eigenvalue weighted by molar-refractivity contribution is 5.68. The van der Waals surface area contributed by atoms with Crippen LogP contribution in [-0.2, 0) is 14.3 Å². The predicted octanol–water partition coefficient (Wildman–Crippen LogP) is 3.69. The number of carbonyl (C=O) groups is 2. The third-order valence-corrected chi connectivity index (χ3v) is 6.79. The van der Waals surface area contributed by atoms with Gasteiger partial charge >= 0.3 is 12.1 Å². The van der Waals surface area contributed by atoms with Crippen molar-refractivity contribution in [2.75, 3.05) is 52.4 Å². The molecule has 2 saturated heterocycles. The maximum absolute atomic E-state index is 12.3. The molecule has 2 aliphatic heterocycles. The maximum atomic E-state index is 12.3. The highest BCUT2D eigenvalue weighted by Gasteiger charge is 2.33. The Hall–Kier alpha value is -1.38. The number of nitrogens with zero attached hydrogens (tertiary/aromatic N) is 3. The molecule has 0 aromatic heterocycles. The number of carboxylic acid groups (broad SMARTS) is 1. The lowest BCUT2D eigenvalue weighted by Gasteiger charge is -2.45. The highest BCUT2D eigenvalue weighted by Crippen LogP contribution is 2.25. The maximum Gasteiger partial charge on any atom is 0.410 e. The van der Waals surface area contributed by atoms with Gasteiger partial charge < -0.3 is 24.4 Å². The molecule has 0 unspecified atom stereocenters. The average Bonchev–Trinajstić information content (AvgIpc) is 2.66. The standard InChI is InChI=1S/C25H47N3O5/c1-23(2,3)33-22(31)27-11-8-20(9-12-27)19-26-13-15-28(16-14-26)24(4,5)10-17-32-25(6,7)18-21(29)30/h20H,8-19H2,1-7H3,(H,29,30). The summed E-state index contributed by atoms with van der Waals surface area (Å²) >= 11 is 0. The number of piperidine rings is 1. The third-order valence-electron chi connectivity index (χ3n) is 6.79. The van der Waals surface area contributed by atoms with Crippen LogP contribution in [0.1, 0.15) is 74.1 Å². The first-order valence-electron chi connectivity index (χ1n) is 12.5. The molecule has 1 amide bonds. The van der Waals surface area contributed by atoms with Gasteiger partial charge in [-0.3, -0.25) is 9.69 Å². The van der Waals surface area contributed by atoms with Gasteiger partial charge in [-0.05, 0) is 73.6 Å². The molecule has 1 N–H and O–H groups in total. The lowest BCUT2D eigenvalue weighted by molar-refractivity contribution is -0.144. The van der Waals surface area contributed by atoms with Crippen molar-refractivity contribution in [3.63, 3.8) is 0 Å². The predicted molar refractivity (Wildman–Crippen MR) is 130 cm³/mol. The second-order valence-electron chi connectivity index (χ2n) is 11.9. The molecule has 33 heavy (non-hydrogen) atoms. The van der Waals surface area contributed by atoms with E-state index in [1.807, 2.05) is 39.5 Å². The van der Waals surface area contributed by atoms with Crippen LogP contribution in [0.3, 0.4) is 0 Å². The number of aliphatic carboxylic acids is 1. The van der Waals surface area contributed by atoms with E-state index in [-0.39, 0.29) is 18.1 Å². The smallest absolute Gasteiger partial charge is 0.410 e. The number of likely N-dealkylation sites (tertiary alicyclic amines) is 1. The van der Waals surface area contributed by atoms with E-state index in [0.29, 0.717) is 12.5 Å². The first-order valence-corrected chi connectivity index (χ1v) is 12.5. The fraction of sp³-hybridized carbons (Fsp3) is 0.920. The Kier molecular flexibility index (Phi) is 9.59. The molecule has 0 atom stereocenters. The first kappa shape index (κ1) is 27.9. The van der Waals surface area contributed by atoms with Crippen LogP contribution in [0.5, 0.6) is 0 Å². The van der Waals surface area contributed by atoms with E-state index in [4.69, 9.17) is 14.6 Å². The average molecular weight is 470 g/mol. The van der Waals surface area contributed by atoms with Crippen LogP contribution in [0.25, 0.3) is 0 Å². The summed E-state index contributed by atoms with van der Waals surface area (Å²) in [6, 6.07) is 0. The van der Waals surface area contributed by atoms with E-state index in [9.17, 15) is 9.59 Å². The van der Waals surface area contributed by atoms with Crippen molar-refractivity contribution in [1.82, 2.24) is 14.7 Å². The molecule has 192 valence electrons. The molecular formula is C25H47N3O5. The Labute approximate surface area is 200 Å². The van der Waals surface area contributed by atoms with Crippen molar-refractivity contribution < 1.29 is 24.2 Å². The molecule has 2 heterocycles. The van der Waals surface area contributed by atoms with E-state index in [2.05, 4.69) is 23.6 Å². The number of amides is 1. The minimum absolute atomic E-state index is 0.0167. The van der Waals surface area contributed by atoms with Gasteiger partial charge in [0.15, 0.2) is 0 Å². The summed E-state index contributed by atoms with van der Waals surface area (Å²) in [5.74, 6) is -0.195. The normalized spacial score (nSPS) is 20.2. The molecule has 0 radical (unpaired) electrons. The molecule has 2 fully saturated rings. The summed E-state index contributed by atoms with van der Waals surface area (Å²) in [7, 11) is 0. The van der Waals surface area contributed by atoms with Gasteiger partial charge in [0.05, 0.1) is 12.0 Å². The second kappa shape index (κ2) is 11.4. The van der Waals surface area contributed by atoms with Crippen molar-refractivity contribution in [1.29, 1.82) is 0 Å². The molecule has 0 saturated carbocycles. The number of hydrogen-bond acceptors (Lipinski definition) is 6. The van der Waals surface area contributed by atoms with Gasteiger partial charge in [0.2, 0.25) is 0 Å². The van der Waals surface area contributed by atoms with Crippen LogP contribution in [0, 0.1) is 5.92 Å². The minimum Gasteiger partial charge on any atom is -0.481 e. The van der Waals surface area contributed by atoms with E-state index < -0.39 is 17.2 Å². The Morgan fingerprint density at radius 1 is 0.909 bits per heavy atom. The molecular weight excluding hydrogens is 422 g/mol. The summed E-state index contributed by atoms with van der Waals surface area (Å²) < 4.78 is 11.4. The molecule has 0 spiro atoms. The Balaban J connectivity index is 1.69. The van der Waals surface area contributed by atoms with Crippen LogP contribution in [0.4, 0.5) is 4.79 Å². The fourth-order valence-electron chi connectivity index (χ4n) is 4.68. The Bertz CT molecular complexity index is 643. The summed E-state index contributed by atoms with van der Waals surface area (Å²) in [4.78, 5) is 30.2. The Morgan fingerprint density at radius 3 is 2.00 bits per heavy atom. The van der Waals surface area contributed by atoms with Crippen molar-refractivity contribution in [3.05, 3.63) is 0 Å². The van der Waals surface area contributed by atoms with Gasteiger partial charge in [0, 0.05) is 58.0 Å². The van der Waals surface area contributed by atoms with Crippen molar-refractivity contribution in [2.45, 2.75) is 90.9 Å². The monoisotopic (exact) mass is 469 g/mol. The molecule has 8 heteroatoms. The second-order valence-corrected chi connectivity index (χ2v) is 11.9. The topological polar surface area (TPSA) is 82.5 Å². The number of hydrogen-bond donors (Lipinski definition) is 1. The van der Waals surface area contributed by atoms with Crippen molar-refractivity contribution >= 4 is 12.1 Å². The highest BCUT2D eigenvalue weighted by atomic mass is 16.6. The van der Waals surface area contributed by atoms with Crippen LogP contribution < -0.4 is 0 Å². The molecule has 0 bridgehead atoms. The Morgan fingerprint density at radius 2 is 1.48 bits per heavy atom. The van der Waals surface area contributed by atoms with Crippen LogP contribution >= 0.6 is 0 Å². The number of carboxylic acids is 1. The minimum atomic E-state index is -0.828. The number of piperazine rings is 1. The van der Waals surface area contributed by atoms with Crippen LogP contribution in [0.2, 0.25) is 0 Å². The van der Waals surface area contributed by atoms with E-state index >= 15 is 0 Å². The fourth-order valence-corrected chi connectivity index (χ4v) is 4.68. The zero-order chi connectivity index (χ0) is 24.9. The van der Waals surface area contributed by atoms with E-state index in [1.165, 1.54) is 0 Å². The van der Waals surface area contributed by atoms with Gasteiger partial charge in [0.1, 0.15) is 5.60 Å². The van der Waals surface area contributed by atoms with Gasteiger partial charge in [-0.25, -0.2) is 4.79 Å². The van der Waals surface area contributed by atoms with Gasteiger partial charge in [0.25, 0.3) is 0 Å². The van der Waals surface area contributed by atoms with Gasteiger partial charge in [-0.15, -0.1) is 0 Å². The summed E-state index contributed by atoms with van der Waals surface area (Å²) in [5, 5.41) is 9.02. The zero-order valence-corrected chi connectivity index (χ0v) is 22.0. The lowest BCUT2D eigenvalue weighted by Crippen LogP contribution is -2.56. The summed E-state index contributed by atoms with van der Waals surface area (Å²) in [6.07, 6.45) is 2.78. The van der Waals surface area contributed by atoms with Crippen molar-refractivity contribution in [3.8, 4) is 0 Å². The lowest BCUT2D eigenvalue weighted by atomic mass is 9.95. The molecule has 0 aliphatic carbocycles. The summed E-state index contributed by atoms with van der Waals surface area (Å²) in [5.41, 5.74) is -1.06. The molecule has 2 aliphatic rings. The molecule has 0 aromatic rings. The van der Waals surface area contributed by atoms with E-state index in [1.54, 1.807) is 0 Å². The first-order chi connectivity index (χ1) is 15.2. The number of carbonyl (C=O) groups excluding carboxylic acids is 1. The third kappa shape index (κ3) is 9.79. The molecule has 2 rings (SSSR count). The SMILES string of the molecule is CC(C)(C)OC(=O)N1CCC(CN2CCN(C(C)(C)CCOC(C)(C)CC(=O)O)CC2)CC1. The largest absolute Gasteiger partial charge is 0.481 e. The van der Waals surface area contributed by atoms with Crippen molar-refractivity contribution in [2.24, 2.45) is 5.92 Å². The van der Waals surface area contributed by atoms with Crippen LogP contribution in [0.15, 0.2) is 0 Å². The molecule has 0 aromatic carbocycles. The number of ether oxygens (including phenoxy) is 2. The quantitative estimate of drug-likeness (QED) is 0.551. The summed E-state index contributed by atoms with van der Waals surface area (Å²) in [6.45, 7) is 21.3.